The molecule has 2 aromatic carbocycles. The number of anilines is 3. The summed E-state index contributed by atoms with van der Waals surface area (Å²) < 4.78 is 24.8. The van der Waals surface area contributed by atoms with E-state index < -0.39 is 5.82 Å². The molecule has 0 atom stereocenters. The maximum atomic E-state index is 13.9. The van der Waals surface area contributed by atoms with E-state index in [-0.39, 0.29) is 11.3 Å². The van der Waals surface area contributed by atoms with Gasteiger partial charge in [-0.3, -0.25) is 0 Å². The first kappa shape index (κ1) is 13.1. The smallest absolute Gasteiger partial charge is 0.163 e. The van der Waals surface area contributed by atoms with Crippen molar-refractivity contribution in [2.75, 3.05) is 24.3 Å². The average molecular weight is 285 g/mol. The Balaban J connectivity index is 1.93. The number of nitrogen functional groups attached to an aromatic ring is 1. The van der Waals surface area contributed by atoms with Gasteiger partial charge in [-0.15, -0.1) is 0 Å². The van der Waals surface area contributed by atoms with Crippen molar-refractivity contribution in [3.05, 3.63) is 41.7 Å². The maximum Gasteiger partial charge on any atom is 0.163 e. The molecule has 0 amide bonds. The molecule has 0 fully saturated rings. The first-order chi connectivity index (χ1) is 10.2. The third kappa shape index (κ3) is 2.54. The number of ether oxygens (including phenoxy) is 2. The highest BCUT2D eigenvalue weighted by Crippen LogP contribution is 2.38. The topological polar surface area (TPSA) is 80.3 Å². The van der Waals surface area contributed by atoms with Crippen molar-refractivity contribution in [1.82, 2.24) is 0 Å². The predicted octanol–water partition coefficient (Wildman–Crippen LogP) is 2.79. The number of halogens is 1. The SMILES string of the molecule is N#Cc1ccc(Nc2cc3c(cc2N)OCCO3)c(F)c1. The highest BCUT2D eigenvalue weighted by Gasteiger charge is 2.15. The number of hydrogen-bond acceptors (Lipinski definition) is 5. The van der Waals surface area contributed by atoms with E-state index in [1.165, 1.54) is 12.1 Å². The van der Waals surface area contributed by atoms with Crippen LogP contribution in [0.1, 0.15) is 5.56 Å². The second-order valence-corrected chi connectivity index (χ2v) is 4.51. The highest BCUT2D eigenvalue weighted by atomic mass is 19.1. The lowest BCUT2D eigenvalue weighted by atomic mass is 10.2. The molecular formula is C15H12FN3O2. The molecule has 0 saturated heterocycles. The van der Waals surface area contributed by atoms with Gasteiger partial charge in [-0.05, 0) is 18.2 Å². The molecule has 0 radical (unpaired) electrons. The van der Waals surface area contributed by atoms with E-state index in [0.29, 0.717) is 36.1 Å². The molecule has 21 heavy (non-hydrogen) atoms. The molecule has 3 rings (SSSR count). The van der Waals surface area contributed by atoms with Gasteiger partial charge in [0.05, 0.1) is 28.7 Å². The van der Waals surface area contributed by atoms with Crippen LogP contribution < -0.4 is 20.5 Å². The van der Waals surface area contributed by atoms with Crippen LogP contribution in [0.25, 0.3) is 0 Å². The molecule has 0 unspecified atom stereocenters. The molecule has 0 aromatic heterocycles. The van der Waals surface area contributed by atoms with E-state index in [1.54, 1.807) is 12.1 Å². The number of nitrogens with one attached hydrogen (secondary N) is 1. The minimum atomic E-state index is -0.525. The summed E-state index contributed by atoms with van der Waals surface area (Å²) in [5, 5.41) is 11.6. The quantitative estimate of drug-likeness (QED) is 0.829. The van der Waals surface area contributed by atoms with Gasteiger partial charge >= 0.3 is 0 Å². The van der Waals surface area contributed by atoms with Crippen LogP contribution in [0.15, 0.2) is 30.3 Å². The molecule has 0 bridgehead atoms. The lowest BCUT2D eigenvalue weighted by Crippen LogP contribution is -2.15. The zero-order valence-electron chi connectivity index (χ0n) is 11.0. The van der Waals surface area contributed by atoms with E-state index in [0.717, 1.165) is 6.07 Å². The van der Waals surface area contributed by atoms with Crippen LogP contribution in [-0.4, -0.2) is 13.2 Å². The summed E-state index contributed by atoms with van der Waals surface area (Å²) in [4.78, 5) is 0. The molecule has 1 heterocycles. The van der Waals surface area contributed by atoms with E-state index in [4.69, 9.17) is 20.5 Å². The fourth-order valence-corrected chi connectivity index (χ4v) is 2.04. The lowest BCUT2D eigenvalue weighted by molar-refractivity contribution is 0.172. The Kier molecular flexibility index (Phi) is 3.24. The zero-order valence-corrected chi connectivity index (χ0v) is 11.0. The number of benzene rings is 2. The van der Waals surface area contributed by atoms with Gasteiger partial charge in [0.2, 0.25) is 0 Å². The summed E-state index contributed by atoms with van der Waals surface area (Å²) >= 11 is 0. The number of rotatable bonds is 2. The number of nitriles is 1. The van der Waals surface area contributed by atoms with Crippen LogP contribution in [0.5, 0.6) is 11.5 Å². The molecule has 0 aliphatic carbocycles. The third-order valence-electron chi connectivity index (χ3n) is 3.08. The Morgan fingerprint density at radius 1 is 1.10 bits per heavy atom. The van der Waals surface area contributed by atoms with Gasteiger partial charge in [0.1, 0.15) is 19.0 Å². The van der Waals surface area contributed by atoms with Crippen molar-refractivity contribution in [2.24, 2.45) is 0 Å². The summed E-state index contributed by atoms with van der Waals surface area (Å²) in [5.41, 5.74) is 7.35. The van der Waals surface area contributed by atoms with E-state index >= 15 is 0 Å². The lowest BCUT2D eigenvalue weighted by Gasteiger charge is -2.20. The monoisotopic (exact) mass is 285 g/mol. The van der Waals surface area contributed by atoms with Crippen LogP contribution in [0, 0.1) is 17.1 Å². The van der Waals surface area contributed by atoms with E-state index in [1.807, 2.05) is 6.07 Å². The molecule has 1 aliphatic heterocycles. The Morgan fingerprint density at radius 3 is 2.48 bits per heavy atom. The Morgan fingerprint density at radius 2 is 1.81 bits per heavy atom. The van der Waals surface area contributed by atoms with Gasteiger partial charge < -0.3 is 20.5 Å². The summed E-state index contributed by atoms with van der Waals surface area (Å²) in [7, 11) is 0. The highest BCUT2D eigenvalue weighted by molar-refractivity contribution is 5.77. The van der Waals surface area contributed by atoms with Gasteiger partial charge in [0.15, 0.2) is 11.5 Å². The Labute approximate surface area is 120 Å². The molecule has 5 nitrogen and oxygen atoms in total. The van der Waals surface area contributed by atoms with Crippen molar-refractivity contribution < 1.29 is 13.9 Å². The Hall–Kier alpha value is -2.94. The van der Waals surface area contributed by atoms with E-state index in [2.05, 4.69) is 5.32 Å². The summed E-state index contributed by atoms with van der Waals surface area (Å²) in [6.45, 7) is 0.936. The van der Waals surface area contributed by atoms with Crippen LogP contribution in [0.4, 0.5) is 21.5 Å². The molecule has 0 saturated carbocycles. The zero-order chi connectivity index (χ0) is 14.8. The van der Waals surface area contributed by atoms with Gasteiger partial charge in [-0.2, -0.15) is 5.26 Å². The molecule has 3 N–H and O–H groups in total. The second-order valence-electron chi connectivity index (χ2n) is 4.51. The fourth-order valence-electron chi connectivity index (χ4n) is 2.04. The Bertz CT molecular complexity index is 740. The summed E-state index contributed by atoms with van der Waals surface area (Å²) in [6, 6.07) is 9.37. The van der Waals surface area contributed by atoms with Crippen molar-refractivity contribution in [3.8, 4) is 17.6 Å². The van der Waals surface area contributed by atoms with Gasteiger partial charge in [0.25, 0.3) is 0 Å². The third-order valence-corrected chi connectivity index (χ3v) is 3.08. The van der Waals surface area contributed by atoms with Crippen molar-refractivity contribution in [3.63, 3.8) is 0 Å². The summed E-state index contributed by atoms with van der Waals surface area (Å²) in [6.07, 6.45) is 0. The molecule has 1 aliphatic rings. The largest absolute Gasteiger partial charge is 0.486 e. The van der Waals surface area contributed by atoms with Crippen LogP contribution >= 0.6 is 0 Å². The molecule has 0 spiro atoms. The fraction of sp³-hybridized carbons (Fsp3) is 0.133. The molecular weight excluding hydrogens is 273 g/mol. The minimum absolute atomic E-state index is 0.234. The summed E-state index contributed by atoms with van der Waals surface area (Å²) in [5.74, 6) is 0.611. The number of nitrogens with zero attached hydrogens (tertiary/aromatic N) is 1. The van der Waals surface area contributed by atoms with Crippen LogP contribution in [-0.2, 0) is 0 Å². The first-order valence-corrected chi connectivity index (χ1v) is 6.33. The molecule has 6 heteroatoms. The standard InChI is InChI=1S/C15H12FN3O2/c16-10-5-9(8-17)1-2-12(10)19-13-7-15-14(6-11(13)18)20-3-4-21-15/h1-2,5-7,19H,3-4,18H2. The normalized spacial score (nSPS) is 12.6. The predicted molar refractivity (Wildman–Crippen MR) is 76.2 cm³/mol. The molecule has 106 valence electrons. The van der Waals surface area contributed by atoms with Crippen LogP contribution in [0.3, 0.4) is 0 Å². The average Bonchev–Trinajstić information content (AvgIpc) is 2.49. The second kappa shape index (κ2) is 5.21. The van der Waals surface area contributed by atoms with Crippen molar-refractivity contribution in [1.29, 1.82) is 5.26 Å². The first-order valence-electron chi connectivity index (χ1n) is 6.33. The van der Waals surface area contributed by atoms with E-state index in [9.17, 15) is 4.39 Å². The molecule has 2 aromatic rings. The van der Waals surface area contributed by atoms with Gasteiger partial charge in [-0.25, -0.2) is 4.39 Å². The number of hydrogen-bond donors (Lipinski definition) is 2. The number of nitrogens with two attached hydrogens (primary N) is 1. The van der Waals surface area contributed by atoms with Crippen molar-refractivity contribution in [2.45, 2.75) is 0 Å². The maximum absolute atomic E-state index is 13.9. The van der Waals surface area contributed by atoms with Crippen LogP contribution in [0.2, 0.25) is 0 Å². The van der Waals surface area contributed by atoms with Gasteiger partial charge in [0, 0.05) is 12.1 Å². The number of fused-ring (bicyclic) bond motifs is 1. The minimum Gasteiger partial charge on any atom is -0.486 e. The van der Waals surface area contributed by atoms with Crippen molar-refractivity contribution >= 4 is 17.1 Å². The van der Waals surface area contributed by atoms with Gasteiger partial charge in [-0.1, -0.05) is 0 Å².